The zero-order valence-electron chi connectivity index (χ0n) is 14.3. The van der Waals surface area contributed by atoms with Crippen LogP contribution in [0.5, 0.6) is 0 Å². The van der Waals surface area contributed by atoms with E-state index >= 15 is 0 Å². The van der Waals surface area contributed by atoms with Gasteiger partial charge in [0.15, 0.2) is 9.84 Å². The molecule has 1 aliphatic heterocycles. The second kappa shape index (κ2) is 7.29. The van der Waals surface area contributed by atoms with Crippen LogP contribution in [0, 0.1) is 0 Å². The fourth-order valence-corrected chi connectivity index (χ4v) is 4.73. The van der Waals surface area contributed by atoms with Gasteiger partial charge in [0, 0.05) is 18.7 Å². The Balaban J connectivity index is 1.72. The van der Waals surface area contributed by atoms with Gasteiger partial charge in [0.05, 0.1) is 22.8 Å². The molecule has 0 spiro atoms. The molecule has 136 valence electrons. The lowest BCUT2D eigenvalue weighted by molar-refractivity contribution is 0.0600. The molecule has 1 fully saturated rings. The van der Waals surface area contributed by atoms with Gasteiger partial charge in [0.25, 0.3) is 5.91 Å². The van der Waals surface area contributed by atoms with Crippen molar-refractivity contribution < 1.29 is 22.7 Å². The van der Waals surface area contributed by atoms with Crippen molar-refractivity contribution >= 4 is 21.7 Å². The molecule has 1 heterocycles. The molecule has 7 heteroatoms. The van der Waals surface area contributed by atoms with Crippen LogP contribution < -0.4 is 0 Å². The van der Waals surface area contributed by atoms with E-state index in [2.05, 4.69) is 4.74 Å². The first-order valence-corrected chi connectivity index (χ1v) is 9.74. The van der Waals surface area contributed by atoms with Crippen molar-refractivity contribution in [1.29, 1.82) is 0 Å². The van der Waals surface area contributed by atoms with E-state index in [1.54, 1.807) is 42.5 Å². The summed E-state index contributed by atoms with van der Waals surface area (Å²) in [5.41, 5.74) is 0.769. The van der Waals surface area contributed by atoms with Crippen molar-refractivity contribution in [2.45, 2.75) is 16.6 Å². The smallest absolute Gasteiger partial charge is 0.337 e. The number of amides is 1. The Morgan fingerprint density at radius 2 is 1.62 bits per heavy atom. The van der Waals surface area contributed by atoms with Crippen molar-refractivity contribution in [2.75, 3.05) is 20.2 Å². The Bertz CT molecular complexity index is 907. The summed E-state index contributed by atoms with van der Waals surface area (Å²) < 4.78 is 30.0. The number of likely N-dealkylation sites (tertiary alicyclic amines) is 1. The minimum absolute atomic E-state index is 0.162. The van der Waals surface area contributed by atoms with Crippen LogP contribution in [0.4, 0.5) is 0 Å². The third kappa shape index (κ3) is 3.48. The number of methoxy groups -OCH3 is 1. The summed E-state index contributed by atoms with van der Waals surface area (Å²) in [4.78, 5) is 25.9. The van der Waals surface area contributed by atoms with E-state index in [1.165, 1.54) is 24.1 Å². The van der Waals surface area contributed by atoms with Gasteiger partial charge < -0.3 is 9.64 Å². The number of carbonyl (C=O) groups is 2. The molecule has 0 N–H and O–H groups in total. The zero-order chi connectivity index (χ0) is 18.7. The number of sulfone groups is 1. The second-order valence-corrected chi connectivity index (χ2v) is 8.32. The lowest BCUT2D eigenvalue weighted by Gasteiger charge is -2.17. The molecule has 1 aliphatic rings. The van der Waals surface area contributed by atoms with Crippen LogP contribution in [0.25, 0.3) is 0 Å². The maximum Gasteiger partial charge on any atom is 0.337 e. The number of rotatable bonds is 4. The molecule has 0 unspecified atom stereocenters. The highest BCUT2D eigenvalue weighted by Gasteiger charge is 2.36. The van der Waals surface area contributed by atoms with Crippen molar-refractivity contribution in [3.63, 3.8) is 0 Å². The van der Waals surface area contributed by atoms with Gasteiger partial charge in [-0.3, -0.25) is 4.79 Å². The minimum atomic E-state index is -3.46. The van der Waals surface area contributed by atoms with Crippen LogP contribution in [0.2, 0.25) is 0 Å². The molecular weight excluding hydrogens is 354 g/mol. The van der Waals surface area contributed by atoms with Crippen molar-refractivity contribution in [2.24, 2.45) is 0 Å². The molecule has 0 aromatic heterocycles. The lowest BCUT2D eigenvalue weighted by atomic mass is 10.1. The highest BCUT2D eigenvalue weighted by molar-refractivity contribution is 7.92. The summed E-state index contributed by atoms with van der Waals surface area (Å²) in [6.45, 7) is 0.545. The summed E-state index contributed by atoms with van der Waals surface area (Å²) in [6, 6.07) is 14.4. The lowest BCUT2D eigenvalue weighted by Crippen LogP contribution is -2.32. The second-order valence-electron chi connectivity index (χ2n) is 6.09. The van der Waals surface area contributed by atoms with Gasteiger partial charge >= 0.3 is 5.97 Å². The molecule has 2 aromatic carbocycles. The maximum atomic E-state index is 12.7. The number of ether oxygens (including phenoxy) is 1. The molecule has 0 aliphatic carbocycles. The monoisotopic (exact) mass is 373 g/mol. The summed E-state index contributed by atoms with van der Waals surface area (Å²) in [6.07, 6.45) is 0.406. The number of esters is 1. The first-order valence-electron chi connectivity index (χ1n) is 8.20. The molecule has 0 bridgehead atoms. The van der Waals surface area contributed by atoms with E-state index in [4.69, 9.17) is 0 Å². The van der Waals surface area contributed by atoms with Crippen LogP contribution in [0.15, 0.2) is 59.5 Å². The molecule has 1 atom stereocenters. The zero-order valence-corrected chi connectivity index (χ0v) is 15.1. The minimum Gasteiger partial charge on any atom is -0.465 e. The fraction of sp³-hybridized carbons (Fsp3) is 0.263. The molecule has 1 amide bonds. The SMILES string of the molecule is COC(=O)c1ccc(C(=O)N2CC[C@@H](S(=O)(=O)c3ccccc3)C2)cc1. The van der Waals surface area contributed by atoms with Crippen molar-refractivity contribution in [3.05, 3.63) is 65.7 Å². The Kier molecular flexibility index (Phi) is 5.08. The molecule has 1 saturated heterocycles. The van der Waals surface area contributed by atoms with E-state index < -0.39 is 21.1 Å². The molecule has 0 radical (unpaired) electrons. The van der Waals surface area contributed by atoms with Gasteiger partial charge in [-0.1, -0.05) is 18.2 Å². The van der Waals surface area contributed by atoms with E-state index in [1.807, 2.05) is 0 Å². The van der Waals surface area contributed by atoms with E-state index in [-0.39, 0.29) is 17.3 Å². The Hall–Kier alpha value is -2.67. The van der Waals surface area contributed by atoms with Gasteiger partial charge in [-0.25, -0.2) is 13.2 Å². The predicted octanol–water partition coefficient (Wildman–Crippen LogP) is 2.16. The first kappa shape index (κ1) is 18.1. The number of hydrogen-bond acceptors (Lipinski definition) is 5. The topological polar surface area (TPSA) is 80.8 Å². The fourth-order valence-electron chi connectivity index (χ4n) is 3.02. The molecular formula is C19H19NO5S. The average Bonchev–Trinajstić information content (AvgIpc) is 3.18. The number of benzene rings is 2. The summed E-state index contributed by atoms with van der Waals surface area (Å²) in [5, 5.41) is -0.608. The number of hydrogen-bond donors (Lipinski definition) is 0. The molecule has 26 heavy (non-hydrogen) atoms. The number of carbonyl (C=O) groups excluding carboxylic acids is 2. The summed E-state index contributed by atoms with van der Waals surface area (Å²) in [7, 11) is -2.17. The highest BCUT2D eigenvalue weighted by atomic mass is 32.2. The Labute approximate surface area is 152 Å². The van der Waals surface area contributed by atoms with Gasteiger partial charge in [0.1, 0.15) is 0 Å². The molecule has 0 saturated carbocycles. The van der Waals surface area contributed by atoms with Crippen molar-refractivity contribution in [1.82, 2.24) is 4.90 Å². The third-order valence-electron chi connectivity index (χ3n) is 4.50. The average molecular weight is 373 g/mol. The van der Waals surface area contributed by atoms with Gasteiger partial charge in [-0.15, -0.1) is 0 Å². The van der Waals surface area contributed by atoms with Gasteiger partial charge in [0.2, 0.25) is 0 Å². The Morgan fingerprint density at radius 1 is 1.00 bits per heavy atom. The molecule has 6 nitrogen and oxygen atoms in total. The van der Waals surface area contributed by atoms with E-state index in [9.17, 15) is 18.0 Å². The first-order chi connectivity index (χ1) is 12.4. The predicted molar refractivity (Wildman–Crippen MR) is 95.7 cm³/mol. The van der Waals surface area contributed by atoms with Gasteiger partial charge in [-0.2, -0.15) is 0 Å². The van der Waals surface area contributed by atoms with Crippen molar-refractivity contribution in [3.8, 4) is 0 Å². The van der Waals surface area contributed by atoms with E-state index in [0.29, 0.717) is 24.1 Å². The normalized spacial score (nSPS) is 17.1. The summed E-state index contributed by atoms with van der Waals surface area (Å²) in [5.74, 6) is -0.716. The molecule has 2 aromatic rings. The van der Waals surface area contributed by atoms with Crippen LogP contribution in [-0.4, -0.2) is 50.6 Å². The summed E-state index contributed by atoms with van der Waals surface area (Å²) >= 11 is 0. The quantitative estimate of drug-likeness (QED) is 0.767. The van der Waals surface area contributed by atoms with Crippen LogP contribution in [0.3, 0.4) is 0 Å². The van der Waals surface area contributed by atoms with Crippen LogP contribution in [-0.2, 0) is 14.6 Å². The maximum absolute atomic E-state index is 12.7. The third-order valence-corrected chi connectivity index (χ3v) is 6.69. The largest absolute Gasteiger partial charge is 0.465 e. The highest BCUT2D eigenvalue weighted by Crippen LogP contribution is 2.25. The Morgan fingerprint density at radius 3 is 2.23 bits per heavy atom. The van der Waals surface area contributed by atoms with E-state index in [0.717, 1.165) is 0 Å². The van der Waals surface area contributed by atoms with Crippen LogP contribution >= 0.6 is 0 Å². The number of nitrogens with zero attached hydrogens (tertiary/aromatic N) is 1. The van der Waals surface area contributed by atoms with Gasteiger partial charge in [-0.05, 0) is 42.8 Å². The molecule has 3 rings (SSSR count). The standard InChI is InChI=1S/C19H19NO5S/c1-25-19(22)15-9-7-14(8-10-15)18(21)20-12-11-17(13-20)26(23,24)16-5-3-2-4-6-16/h2-10,17H,11-13H2,1H3/t17-/m1/s1. The van der Waals surface area contributed by atoms with Crippen LogP contribution in [0.1, 0.15) is 27.1 Å².